The van der Waals surface area contributed by atoms with E-state index in [4.69, 9.17) is 9.47 Å². The summed E-state index contributed by atoms with van der Waals surface area (Å²) >= 11 is 0. The van der Waals surface area contributed by atoms with Crippen LogP contribution in [0, 0.1) is 0 Å². The van der Waals surface area contributed by atoms with Gasteiger partial charge in [0.25, 0.3) is 0 Å². The van der Waals surface area contributed by atoms with Crippen LogP contribution < -0.4 is 9.47 Å². The molecule has 142 valence electrons. The fraction of sp³-hybridized carbons (Fsp3) is 0.273. The summed E-state index contributed by atoms with van der Waals surface area (Å²) in [6, 6.07) is 13.7. The zero-order valence-corrected chi connectivity index (χ0v) is 16.2. The van der Waals surface area contributed by atoms with Crippen LogP contribution in [-0.4, -0.2) is 43.8 Å². The standard InChI is InChI=1S/C22H25NO4/c1-5-23(6-2)20(22(25)17-9-13-19(27-4)14-10-17)15-21(24)16-7-11-18(26-3)12-8-16/h7-15H,5-6H2,1-4H3/b20-15-. The van der Waals surface area contributed by atoms with Crippen molar-refractivity contribution in [3.05, 3.63) is 71.4 Å². The summed E-state index contributed by atoms with van der Waals surface area (Å²) in [5.74, 6) is 0.938. The molecule has 0 unspecified atom stereocenters. The first-order valence-electron chi connectivity index (χ1n) is 8.87. The largest absolute Gasteiger partial charge is 0.497 e. The van der Waals surface area contributed by atoms with Gasteiger partial charge in [0, 0.05) is 30.3 Å². The van der Waals surface area contributed by atoms with Crippen molar-refractivity contribution in [1.29, 1.82) is 0 Å². The number of ether oxygens (including phenoxy) is 2. The summed E-state index contributed by atoms with van der Waals surface area (Å²) in [7, 11) is 3.15. The van der Waals surface area contributed by atoms with E-state index in [1.165, 1.54) is 6.08 Å². The van der Waals surface area contributed by atoms with Crippen molar-refractivity contribution < 1.29 is 19.1 Å². The van der Waals surface area contributed by atoms with Crippen molar-refractivity contribution in [2.45, 2.75) is 13.8 Å². The summed E-state index contributed by atoms with van der Waals surface area (Å²) in [6.07, 6.45) is 1.42. The summed E-state index contributed by atoms with van der Waals surface area (Å²) in [4.78, 5) is 27.6. The Kier molecular flexibility index (Phi) is 7.17. The van der Waals surface area contributed by atoms with Crippen LogP contribution in [0.2, 0.25) is 0 Å². The maximum absolute atomic E-state index is 13.0. The SMILES string of the molecule is CCN(CC)/C(=C\C(=O)c1ccc(OC)cc1)C(=O)c1ccc(OC)cc1. The minimum absolute atomic E-state index is 0.191. The molecule has 0 heterocycles. The lowest BCUT2D eigenvalue weighted by molar-refractivity contribution is 0.0975. The monoisotopic (exact) mass is 367 g/mol. The van der Waals surface area contributed by atoms with Crippen molar-refractivity contribution in [3.8, 4) is 11.5 Å². The van der Waals surface area contributed by atoms with Gasteiger partial charge in [-0.05, 0) is 62.4 Å². The van der Waals surface area contributed by atoms with Crippen molar-refractivity contribution >= 4 is 11.6 Å². The van der Waals surface area contributed by atoms with Crippen molar-refractivity contribution in [3.63, 3.8) is 0 Å². The van der Waals surface area contributed by atoms with Crippen molar-refractivity contribution in [1.82, 2.24) is 4.90 Å². The van der Waals surface area contributed by atoms with Crippen LogP contribution in [-0.2, 0) is 0 Å². The first kappa shape index (κ1) is 20.2. The fourth-order valence-corrected chi connectivity index (χ4v) is 2.72. The van der Waals surface area contributed by atoms with Gasteiger partial charge < -0.3 is 14.4 Å². The number of carbonyl (C=O) groups excluding carboxylic acids is 2. The Hall–Kier alpha value is -3.08. The molecule has 2 aromatic rings. The highest BCUT2D eigenvalue weighted by molar-refractivity contribution is 6.14. The van der Waals surface area contributed by atoms with Crippen LogP contribution in [0.1, 0.15) is 34.6 Å². The van der Waals surface area contributed by atoms with E-state index in [9.17, 15) is 9.59 Å². The fourth-order valence-electron chi connectivity index (χ4n) is 2.72. The number of allylic oxidation sites excluding steroid dienone is 2. The number of rotatable bonds is 9. The molecule has 0 aliphatic carbocycles. The second kappa shape index (κ2) is 9.57. The first-order valence-corrected chi connectivity index (χ1v) is 8.87. The number of likely N-dealkylation sites (N-methyl/N-ethyl adjacent to an activating group) is 1. The minimum atomic E-state index is -0.221. The average molecular weight is 367 g/mol. The van der Waals surface area contributed by atoms with Crippen LogP contribution in [0.25, 0.3) is 0 Å². The Morgan fingerprint density at radius 1 is 0.815 bits per heavy atom. The molecule has 0 atom stereocenters. The van der Waals surface area contributed by atoms with Gasteiger partial charge in [-0.25, -0.2) is 0 Å². The van der Waals surface area contributed by atoms with Crippen LogP contribution in [0.5, 0.6) is 11.5 Å². The molecule has 0 spiro atoms. The van der Waals surface area contributed by atoms with E-state index in [-0.39, 0.29) is 11.6 Å². The number of methoxy groups -OCH3 is 2. The molecule has 2 aromatic carbocycles. The Morgan fingerprint density at radius 3 is 1.67 bits per heavy atom. The van der Waals surface area contributed by atoms with E-state index in [1.807, 2.05) is 18.7 Å². The topological polar surface area (TPSA) is 55.8 Å². The number of carbonyl (C=O) groups is 2. The molecule has 0 saturated carbocycles. The molecule has 0 aliphatic rings. The van der Waals surface area contributed by atoms with E-state index < -0.39 is 0 Å². The molecule has 0 N–H and O–H groups in total. The highest BCUT2D eigenvalue weighted by atomic mass is 16.5. The van der Waals surface area contributed by atoms with Gasteiger partial charge in [0.05, 0.1) is 19.9 Å². The molecular formula is C22H25NO4. The number of ketones is 2. The maximum Gasteiger partial charge on any atom is 0.209 e. The number of hydrogen-bond acceptors (Lipinski definition) is 5. The molecule has 2 rings (SSSR count). The molecule has 0 radical (unpaired) electrons. The van der Waals surface area contributed by atoms with Crippen molar-refractivity contribution in [2.24, 2.45) is 0 Å². The molecule has 0 bridgehead atoms. The Balaban J connectivity index is 2.38. The lowest BCUT2D eigenvalue weighted by Gasteiger charge is -2.23. The number of Topliss-reactive ketones (excluding diaryl/α,β-unsaturated/α-hetero) is 1. The van der Waals surface area contributed by atoms with E-state index in [0.29, 0.717) is 41.4 Å². The van der Waals surface area contributed by atoms with Gasteiger partial charge in [0.1, 0.15) is 11.5 Å². The predicted molar refractivity (Wildman–Crippen MR) is 106 cm³/mol. The molecule has 0 fully saturated rings. The van der Waals surface area contributed by atoms with Gasteiger partial charge in [-0.2, -0.15) is 0 Å². The zero-order chi connectivity index (χ0) is 19.8. The lowest BCUT2D eigenvalue weighted by atomic mass is 10.0. The Labute approximate surface area is 160 Å². The predicted octanol–water partition coefficient (Wildman–Crippen LogP) is 4.00. The summed E-state index contributed by atoms with van der Waals surface area (Å²) in [5.41, 5.74) is 1.39. The summed E-state index contributed by atoms with van der Waals surface area (Å²) in [6.45, 7) is 5.16. The van der Waals surface area contributed by atoms with E-state index in [1.54, 1.807) is 62.8 Å². The Bertz CT molecular complexity index is 803. The first-order chi connectivity index (χ1) is 13.0. The molecule has 0 aliphatic heterocycles. The lowest BCUT2D eigenvalue weighted by Crippen LogP contribution is -2.28. The van der Waals surface area contributed by atoms with E-state index in [0.717, 1.165) is 0 Å². The summed E-state index contributed by atoms with van der Waals surface area (Å²) in [5, 5.41) is 0. The third-order valence-electron chi connectivity index (χ3n) is 4.33. The number of hydrogen-bond donors (Lipinski definition) is 0. The Morgan fingerprint density at radius 2 is 1.26 bits per heavy atom. The highest BCUT2D eigenvalue weighted by Gasteiger charge is 2.19. The second-order valence-corrected chi connectivity index (χ2v) is 5.85. The summed E-state index contributed by atoms with van der Waals surface area (Å²) < 4.78 is 10.3. The molecule has 0 aromatic heterocycles. The van der Waals surface area contributed by atoms with Crippen LogP contribution >= 0.6 is 0 Å². The maximum atomic E-state index is 13.0. The van der Waals surface area contributed by atoms with Crippen molar-refractivity contribution in [2.75, 3.05) is 27.3 Å². The van der Waals surface area contributed by atoms with Gasteiger partial charge >= 0.3 is 0 Å². The zero-order valence-electron chi connectivity index (χ0n) is 16.2. The molecule has 0 saturated heterocycles. The number of benzene rings is 2. The third-order valence-corrected chi connectivity index (χ3v) is 4.33. The van der Waals surface area contributed by atoms with Crippen LogP contribution in [0.3, 0.4) is 0 Å². The normalized spacial score (nSPS) is 11.0. The van der Waals surface area contributed by atoms with Gasteiger partial charge in [0.2, 0.25) is 5.78 Å². The van der Waals surface area contributed by atoms with Gasteiger partial charge in [-0.15, -0.1) is 0 Å². The van der Waals surface area contributed by atoms with Gasteiger partial charge in [0.15, 0.2) is 5.78 Å². The van der Waals surface area contributed by atoms with Crippen LogP contribution in [0.15, 0.2) is 60.3 Å². The molecular weight excluding hydrogens is 342 g/mol. The number of nitrogens with zero attached hydrogens (tertiary/aromatic N) is 1. The van der Waals surface area contributed by atoms with Crippen LogP contribution in [0.4, 0.5) is 0 Å². The van der Waals surface area contributed by atoms with Gasteiger partial charge in [-0.3, -0.25) is 9.59 Å². The highest BCUT2D eigenvalue weighted by Crippen LogP contribution is 2.19. The molecule has 27 heavy (non-hydrogen) atoms. The quantitative estimate of drug-likeness (QED) is 0.495. The second-order valence-electron chi connectivity index (χ2n) is 5.85. The minimum Gasteiger partial charge on any atom is -0.497 e. The van der Waals surface area contributed by atoms with Gasteiger partial charge in [-0.1, -0.05) is 0 Å². The van der Waals surface area contributed by atoms with E-state index >= 15 is 0 Å². The average Bonchev–Trinajstić information content (AvgIpc) is 2.73. The van der Waals surface area contributed by atoms with E-state index in [2.05, 4.69) is 0 Å². The molecule has 5 nitrogen and oxygen atoms in total. The molecule has 0 amide bonds. The third kappa shape index (κ3) is 4.97. The molecule has 5 heteroatoms. The smallest absolute Gasteiger partial charge is 0.209 e.